The summed E-state index contributed by atoms with van der Waals surface area (Å²) in [6, 6.07) is 0. The Labute approximate surface area is 164 Å². The number of aromatic amines is 1. The van der Waals surface area contributed by atoms with Crippen LogP contribution in [0.25, 0.3) is 6.08 Å². The molecule has 3 N–H and O–H groups in total. The first kappa shape index (κ1) is 20.2. The van der Waals surface area contributed by atoms with Crippen molar-refractivity contribution in [2.24, 2.45) is 7.05 Å². The van der Waals surface area contributed by atoms with E-state index in [1.807, 2.05) is 0 Å². The van der Waals surface area contributed by atoms with Gasteiger partial charge in [0.15, 0.2) is 9.88 Å². The highest BCUT2D eigenvalue weighted by Gasteiger charge is 2.30. The van der Waals surface area contributed by atoms with Gasteiger partial charge in [-0.05, 0) is 36.6 Å². The van der Waals surface area contributed by atoms with Gasteiger partial charge in [-0.3, -0.25) is 34.2 Å². The molecule has 0 bridgehead atoms. The summed E-state index contributed by atoms with van der Waals surface area (Å²) >= 11 is 9.74. The molecule has 27 heavy (non-hydrogen) atoms. The molecule has 0 radical (unpaired) electrons. The van der Waals surface area contributed by atoms with Gasteiger partial charge in [-0.15, -0.1) is 0 Å². The van der Waals surface area contributed by atoms with E-state index in [0.29, 0.717) is 0 Å². The predicted octanol–water partition coefficient (Wildman–Crippen LogP) is 1.07. The first-order valence-corrected chi connectivity index (χ1v) is 8.43. The largest absolute Gasteiger partial charge is 0.494 e. The highest BCUT2D eigenvalue weighted by Crippen LogP contribution is 2.12. The molecule has 0 spiro atoms. The van der Waals surface area contributed by atoms with Crippen LogP contribution in [0.3, 0.4) is 0 Å². The number of thiocarbonyl (C=S) groups is 1. The molecule has 1 aromatic rings. The van der Waals surface area contributed by atoms with E-state index >= 15 is 0 Å². The van der Waals surface area contributed by atoms with Crippen LogP contribution in [0.1, 0.15) is 5.56 Å². The van der Waals surface area contributed by atoms with Gasteiger partial charge in [-0.2, -0.15) is 0 Å². The monoisotopic (exact) mass is 404 g/mol. The van der Waals surface area contributed by atoms with Crippen LogP contribution in [-0.4, -0.2) is 43.5 Å². The second-order valence-corrected chi connectivity index (χ2v) is 6.16. The number of nitrogens with zero attached hydrogens (tertiary/aromatic N) is 2. The Morgan fingerprint density at radius 2 is 1.63 bits per heavy atom. The summed E-state index contributed by atoms with van der Waals surface area (Å²) < 4.78 is 1.40. The van der Waals surface area contributed by atoms with Crippen LogP contribution in [0.5, 0.6) is 5.88 Å². The number of rotatable bonds is 4. The Hall–Kier alpha value is -3.11. The van der Waals surface area contributed by atoms with Crippen LogP contribution < -0.4 is 10.9 Å². The zero-order valence-corrected chi connectivity index (χ0v) is 16.1. The fraction of sp³-hybridized carbons (Fsp3) is 0.118. The Bertz CT molecular complexity index is 1040. The highest BCUT2D eigenvalue weighted by molar-refractivity contribution is 7.80. The maximum atomic E-state index is 12.0. The lowest BCUT2D eigenvalue weighted by atomic mass is 10.1. The number of amides is 2. The van der Waals surface area contributed by atoms with Crippen LogP contribution in [-0.2, 0) is 16.6 Å². The third-order valence-corrected chi connectivity index (χ3v) is 4.36. The molecule has 2 rings (SSSR count). The van der Waals surface area contributed by atoms with E-state index in [4.69, 9.17) is 24.4 Å². The van der Waals surface area contributed by atoms with E-state index in [9.17, 15) is 19.5 Å². The van der Waals surface area contributed by atoms with Gasteiger partial charge in [-0.25, -0.2) is 0 Å². The van der Waals surface area contributed by atoms with E-state index in [0.717, 1.165) is 0 Å². The minimum Gasteiger partial charge on any atom is -0.494 e. The molecule has 1 fully saturated rings. The predicted molar refractivity (Wildman–Crippen MR) is 107 cm³/mol. The zero-order valence-electron chi connectivity index (χ0n) is 14.4. The highest BCUT2D eigenvalue weighted by atomic mass is 32.1. The SMILES string of the molecule is CN1C(=O)/C(=C/C=C/C=C/C=C/c2c(O)n(C)c(=S)[nH]c2=O)C(=O)NC1=S. The van der Waals surface area contributed by atoms with Crippen molar-refractivity contribution in [3.8, 4) is 5.88 Å². The van der Waals surface area contributed by atoms with Crippen LogP contribution in [0.15, 0.2) is 46.8 Å². The van der Waals surface area contributed by atoms with Gasteiger partial charge < -0.3 is 5.11 Å². The van der Waals surface area contributed by atoms with E-state index in [1.54, 1.807) is 24.3 Å². The van der Waals surface area contributed by atoms with E-state index in [2.05, 4.69) is 10.3 Å². The zero-order chi connectivity index (χ0) is 20.1. The molecule has 0 aliphatic carbocycles. The second kappa shape index (κ2) is 8.52. The molecule has 0 unspecified atom stereocenters. The number of allylic oxidation sites excluding steroid dienone is 6. The average Bonchev–Trinajstić information content (AvgIpc) is 2.62. The number of likely N-dealkylation sites (N-methyl/N-ethyl adjacent to an activating group) is 1. The Kier molecular flexibility index (Phi) is 6.37. The number of carbonyl (C=O) groups excluding carboxylic acids is 2. The van der Waals surface area contributed by atoms with Crippen LogP contribution in [0.4, 0.5) is 0 Å². The third kappa shape index (κ3) is 4.54. The standard InChI is InChI=1S/C17H16N4O4S2/c1-20-14(24)10(12(22)18-16(20)26)8-6-4-3-5-7-9-11-13(23)19-17(27)21(2)15(11)25/h3-9,24H,1-2H3,(H,18,22,26)(H,19,23,27)/b4-3+,7-5+,8-6+,11-9+. The number of H-pyrrole nitrogens is 1. The molecule has 0 aromatic carbocycles. The fourth-order valence-electron chi connectivity index (χ4n) is 2.04. The molecule has 1 aliphatic rings. The Morgan fingerprint density at radius 1 is 1.00 bits per heavy atom. The number of carbonyl (C=O) groups is 2. The third-order valence-electron chi connectivity index (χ3n) is 3.60. The molecule has 140 valence electrons. The van der Waals surface area contributed by atoms with Gasteiger partial charge >= 0.3 is 0 Å². The van der Waals surface area contributed by atoms with Crippen molar-refractivity contribution in [1.82, 2.24) is 19.8 Å². The lowest BCUT2D eigenvalue weighted by molar-refractivity contribution is -0.128. The van der Waals surface area contributed by atoms with Crippen molar-refractivity contribution >= 4 is 47.4 Å². The lowest BCUT2D eigenvalue weighted by Gasteiger charge is -2.24. The summed E-state index contributed by atoms with van der Waals surface area (Å²) in [4.78, 5) is 39.1. The summed E-state index contributed by atoms with van der Waals surface area (Å²) in [5.41, 5.74) is -0.450. The van der Waals surface area contributed by atoms with Crippen molar-refractivity contribution in [1.29, 1.82) is 0 Å². The smallest absolute Gasteiger partial charge is 0.265 e. The van der Waals surface area contributed by atoms with E-state index in [-0.39, 0.29) is 26.9 Å². The molecule has 2 amide bonds. The molecule has 0 atom stereocenters. The molecular weight excluding hydrogens is 388 g/mol. The number of hydrogen-bond donors (Lipinski definition) is 3. The van der Waals surface area contributed by atoms with Gasteiger partial charge in [-0.1, -0.05) is 30.4 Å². The fourth-order valence-corrected chi connectivity index (χ4v) is 2.39. The molecule has 2 heterocycles. The number of aromatic nitrogens is 2. The van der Waals surface area contributed by atoms with Gasteiger partial charge in [0, 0.05) is 14.1 Å². The lowest BCUT2D eigenvalue weighted by Crippen LogP contribution is -2.52. The van der Waals surface area contributed by atoms with Crippen molar-refractivity contribution in [2.75, 3.05) is 7.05 Å². The van der Waals surface area contributed by atoms with Gasteiger partial charge in [0.05, 0.1) is 5.56 Å². The number of nitrogens with one attached hydrogen (secondary N) is 2. The van der Waals surface area contributed by atoms with Crippen LogP contribution in [0, 0.1) is 4.77 Å². The first-order valence-electron chi connectivity index (χ1n) is 7.61. The molecular formula is C17H16N4O4S2. The number of aromatic hydroxyl groups is 1. The maximum absolute atomic E-state index is 12.0. The Balaban J connectivity index is 2.07. The quantitative estimate of drug-likeness (QED) is 0.300. The summed E-state index contributed by atoms with van der Waals surface area (Å²) in [7, 11) is 3.01. The van der Waals surface area contributed by atoms with Crippen molar-refractivity contribution in [3.05, 3.63) is 62.7 Å². The first-order chi connectivity index (χ1) is 12.7. The normalized spacial score (nSPS) is 17.0. The molecule has 1 aromatic heterocycles. The Morgan fingerprint density at radius 3 is 2.33 bits per heavy atom. The summed E-state index contributed by atoms with van der Waals surface area (Å²) in [6.45, 7) is 0. The van der Waals surface area contributed by atoms with Gasteiger partial charge in [0.1, 0.15) is 5.57 Å². The summed E-state index contributed by atoms with van der Waals surface area (Å²) in [5, 5.41) is 12.4. The molecule has 0 saturated carbocycles. The molecule has 10 heteroatoms. The van der Waals surface area contributed by atoms with Gasteiger partial charge in [0.2, 0.25) is 5.88 Å². The van der Waals surface area contributed by atoms with Crippen molar-refractivity contribution in [2.45, 2.75) is 0 Å². The summed E-state index contributed by atoms with van der Waals surface area (Å²) in [6.07, 6.45) is 10.7. The topological polar surface area (TPSA) is 107 Å². The van der Waals surface area contributed by atoms with Crippen molar-refractivity contribution in [3.63, 3.8) is 0 Å². The second-order valence-electron chi connectivity index (χ2n) is 5.39. The van der Waals surface area contributed by atoms with Crippen LogP contribution >= 0.6 is 24.4 Å². The van der Waals surface area contributed by atoms with Crippen LogP contribution in [0.2, 0.25) is 0 Å². The molecule has 1 aliphatic heterocycles. The maximum Gasteiger partial charge on any atom is 0.265 e. The number of hydrogen-bond acceptors (Lipinski definition) is 6. The minimum atomic E-state index is -0.551. The average molecular weight is 404 g/mol. The van der Waals surface area contributed by atoms with Crippen molar-refractivity contribution < 1.29 is 14.7 Å². The minimum absolute atomic E-state index is 0.0285. The van der Waals surface area contributed by atoms with Gasteiger partial charge in [0.25, 0.3) is 17.4 Å². The van der Waals surface area contributed by atoms with E-state index < -0.39 is 17.4 Å². The molecule has 8 nitrogen and oxygen atoms in total. The summed E-state index contributed by atoms with van der Waals surface area (Å²) in [5.74, 6) is -1.27. The van der Waals surface area contributed by atoms with E-state index in [1.165, 1.54) is 41.8 Å². The molecule has 1 saturated heterocycles.